The fourth-order valence-electron chi connectivity index (χ4n) is 3.18. The number of rotatable bonds is 7. The number of carbonyl (C=O) groups is 1. The molecule has 3 rings (SSSR count). The average molecular weight is 415 g/mol. The molecule has 2 aromatic carbocycles. The molecule has 0 saturated carbocycles. The first kappa shape index (κ1) is 20.9. The maximum Gasteiger partial charge on any atom is 0.339 e. The van der Waals surface area contributed by atoms with Crippen LogP contribution >= 0.6 is 11.6 Å². The number of hydrogen-bond acceptors (Lipinski definition) is 5. The van der Waals surface area contributed by atoms with Gasteiger partial charge in [0.2, 0.25) is 0 Å². The molecule has 0 aliphatic heterocycles. The zero-order chi connectivity index (χ0) is 21.0. The molecule has 6 heteroatoms. The lowest BCUT2D eigenvalue weighted by atomic mass is 10.0. The van der Waals surface area contributed by atoms with Crippen LogP contribution in [0.5, 0.6) is 5.75 Å². The molecule has 0 N–H and O–H groups in total. The number of halogens is 1. The highest BCUT2D eigenvalue weighted by atomic mass is 35.5. The molecule has 0 fully saturated rings. The van der Waals surface area contributed by atoms with Crippen LogP contribution in [0.4, 0.5) is 0 Å². The molecular weight excluding hydrogens is 392 g/mol. The van der Waals surface area contributed by atoms with Gasteiger partial charge in [0, 0.05) is 23.4 Å². The molecule has 1 aromatic heterocycles. The number of hydrogen-bond donors (Lipinski definition) is 0. The molecule has 1 heterocycles. The SMILES string of the molecule is CCOC(=O)CCc1c(C)c2cc(Cl)c(OCc3ccccc3C)cc2oc1=O. The lowest BCUT2D eigenvalue weighted by Crippen LogP contribution is -2.13. The second-order valence-electron chi connectivity index (χ2n) is 6.79. The van der Waals surface area contributed by atoms with E-state index >= 15 is 0 Å². The molecule has 0 aliphatic rings. The van der Waals surface area contributed by atoms with E-state index in [2.05, 4.69) is 0 Å². The van der Waals surface area contributed by atoms with Gasteiger partial charge in [0.1, 0.15) is 17.9 Å². The highest BCUT2D eigenvalue weighted by molar-refractivity contribution is 6.32. The minimum atomic E-state index is -0.466. The predicted molar refractivity (Wildman–Crippen MR) is 113 cm³/mol. The molecule has 0 spiro atoms. The quantitative estimate of drug-likeness (QED) is 0.395. The standard InChI is InChI=1S/C23H23ClO5/c1-4-27-22(25)10-9-17-15(3)18-11-19(24)21(12-20(18)29-23(17)26)28-13-16-8-6-5-7-14(16)2/h5-8,11-12H,4,9-10,13H2,1-3H3. The van der Waals surface area contributed by atoms with E-state index in [1.807, 2.05) is 38.1 Å². The van der Waals surface area contributed by atoms with E-state index < -0.39 is 5.63 Å². The first-order valence-corrected chi connectivity index (χ1v) is 9.87. The van der Waals surface area contributed by atoms with Crippen LogP contribution in [0.3, 0.4) is 0 Å². The number of esters is 1. The first-order valence-electron chi connectivity index (χ1n) is 9.49. The van der Waals surface area contributed by atoms with Gasteiger partial charge in [-0.15, -0.1) is 0 Å². The van der Waals surface area contributed by atoms with Gasteiger partial charge in [-0.3, -0.25) is 4.79 Å². The average Bonchev–Trinajstić information content (AvgIpc) is 2.68. The van der Waals surface area contributed by atoms with Crippen LogP contribution in [0, 0.1) is 13.8 Å². The third-order valence-electron chi connectivity index (χ3n) is 4.87. The summed E-state index contributed by atoms with van der Waals surface area (Å²) in [6, 6.07) is 11.3. The van der Waals surface area contributed by atoms with Gasteiger partial charge in [0.05, 0.1) is 11.6 Å². The van der Waals surface area contributed by atoms with Crippen molar-refractivity contribution in [3.8, 4) is 5.75 Å². The van der Waals surface area contributed by atoms with E-state index in [0.717, 1.165) is 22.1 Å². The molecule has 0 atom stereocenters. The highest BCUT2D eigenvalue weighted by Crippen LogP contribution is 2.32. The smallest absolute Gasteiger partial charge is 0.339 e. The predicted octanol–water partition coefficient (Wildman–Crippen LogP) is 5.14. The molecular formula is C23H23ClO5. The van der Waals surface area contributed by atoms with Gasteiger partial charge >= 0.3 is 11.6 Å². The van der Waals surface area contributed by atoms with Crippen LogP contribution in [0.15, 0.2) is 45.6 Å². The van der Waals surface area contributed by atoms with Crippen LogP contribution in [0.1, 0.15) is 35.6 Å². The zero-order valence-corrected chi connectivity index (χ0v) is 17.5. The molecule has 0 saturated heterocycles. The van der Waals surface area contributed by atoms with E-state index in [9.17, 15) is 9.59 Å². The second kappa shape index (κ2) is 9.14. The molecule has 29 heavy (non-hydrogen) atoms. The summed E-state index contributed by atoms with van der Waals surface area (Å²) >= 11 is 6.42. The summed E-state index contributed by atoms with van der Waals surface area (Å²) in [5, 5.41) is 1.15. The molecule has 152 valence electrons. The van der Waals surface area contributed by atoms with Gasteiger partial charge in [-0.1, -0.05) is 35.9 Å². The Morgan fingerprint density at radius 1 is 1.17 bits per heavy atom. The van der Waals surface area contributed by atoms with Crippen molar-refractivity contribution in [1.29, 1.82) is 0 Å². The largest absolute Gasteiger partial charge is 0.487 e. The van der Waals surface area contributed by atoms with Crippen molar-refractivity contribution >= 4 is 28.5 Å². The fourth-order valence-corrected chi connectivity index (χ4v) is 3.40. The summed E-state index contributed by atoms with van der Waals surface area (Å²) < 4.78 is 16.3. The van der Waals surface area contributed by atoms with Crippen LogP contribution < -0.4 is 10.4 Å². The van der Waals surface area contributed by atoms with E-state index in [0.29, 0.717) is 35.1 Å². The number of benzene rings is 2. The Morgan fingerprint density at radius 2 is 1.93 bits per heavy atom. The maximum atomic E-state index is 12.5. The summed E-state index contributed by atoms with van der Waals surface area (Å²) in [6.45, 7) is 6.25. The van der Waals surface area contributed by atoms with Crippen molar-refractivity contribution in [1.82, 2.24) is 0 Å². The van der Waals surface area contributed by atoms with Gasteiger partial charge in [0.15, 0.2) is 0 Å². The summed E-state index contributed by atoms with van der Waals surface area (Å²) in [5.41, 5.74) is 3.31. The Labute approximate surface area is 174 Å². The topological polar surface area (TPSA) is 65.7 Å². The Bertz CT molecular complexity index is 1100. The van der Waals surface area contributed by atoms with Gasteiger partial charge in [0.25, 0.3) is 0 Å². The van der Waals surface area contributed by atoms with Crippen molar-refractivity contribution in [3.05, 3.63) is 74.1 Å². The number of aryl methyl sites for hydroxylation is 2. The van der Waals surface area contributed by atoms with Crippen LogP contribution in [0.2, 0.25) is 5.02 Å². The Kier molecular flexibility index (Phi) is 6.60. The van der Waals surface area contributed by atoms with Crippen molar-refractivity contribution in [2.75, 3.05) is 6.61 Å². The number of ether oxygens (including phenoxy) is 2. The second-order valence-corrected chi connectivity index (χ2v) is 7.20. The van der Waals surface area contributed by atoms with Gasteiger partial charge < -0.3 is 13.9 Å². The normalized spacial score (nSPS) is 10.9. The van der Waals surface area contributed by atoms with E-state index in [4.69, 9.17) is 25.5 Å². The molecule has 0 amide bonds. The Morgan fingerprint density at radius 3 is 2.66 bits per heavy atom. The van der Waals surface area contributed by atoms with Crippen LogP contribution in [0.25, 0.3) is 11.0 Å². The summed E-state index contributed by atoms with van der Waals surface area (Å²) in [6.07, 6.45) is 0.377. The van der Waals surface area contributed by atoms with Gasteiger partial charge in [-0.05, 0) is 49.9 Å². The molecule has 3 aromatic rings. The fraction of sp³-hybridized carbons (Fsp3) is 0.304. The minimum Gasteiger partial charge on any atom is -0.487 e. The van der Waals surface area contributed by atoms with E-state index in [-0.39, 0.29) is 18.8 Å². The van der Waals surface area contributed by atoms with Gasteiger partial charge in [-0.2, -0.15) is 0 Å². The summed E-state index contributed by atoms with van der Waals surface area (Å²) in [5.74, 6) is 0.105. The summed E-state index contributed by atoms with van der Waals surface area (Å²) in [7, 11) is 0. The monoisotopic (exact) mass is 414 g/mol. The van der Waals surface area contributed by atoms with Crippen molar-refractivity contribution in [2.24, 2.45) is 0 Å². The summed E-state index contributed by atoms with van der Waals surface area (Å²) in [4.78, 5) is 24.1. The van der Waals surface area contributed by atoms with Crippen molar-refractivity contribution in [2.45, 2.75) is 40.2 Å². The van der Waals surface area contributed by atoms with E-state index in [1.54, 1.807) is 19.1 Å². The third kappa shape index (κ3) is 4.80. The lowest BCUT2D eigenvalue weighted by Gasteiger charge is -2.12. The first-order chi connectivity index (χ1) is 13.9. The zero-order valence-electron chi connectivity index (χ0n) is 16.7. The Balaban J connectivity index is 1.88. The molecule has 0 aliphatic carbocycles. The minimum absolute atomic E-state index is 0.121. The van der Waals surface area contributed by atoms with Crippen LogP contribution in [-0.2, 0) is 22.6 Å². The number of carbonyl (C=O) groups excluding carboxylic acids is 1. The highest BCUT2D eigenvalue weighted by Gasteiger charge is 2.16. The van der Waals surface area contributed by atoms with Crippen molar-refractivity contribution < 1.29 is 18.7 Å². The number of fused-ring (bicyclic) bond motifs is 1. The molecule has 0 bridgehead atoms. The van der Waals surface area contributed by atoms with Gasteiger partial charge in [-0.25, -0.2) is 4.79 Å². The van der Waals surface area contributed by atoms with E-state index in [1.165, 1.54) is 0 Å². The Hall–Kier alpha value is -2.79. The third-order valence-corrected chi connectivity index (χ3v) is 5.16. The molecule has 5 nitrogen and oxygen atoms in total. The molecule has 0 radical (unpaired) electrons. The molecule has 0 unspecified atom stereocenters. The lowest BCUT2D eigenvalue weighted by molar-refractivity contribution is -0.143. The van der Waals surface area contributed by atoms with Crippen molar-refractivity contribution in [3.63, 3.8) is 0 Å². The maximum absolute atomic E-state index is 12.5. The van der Waals surface area contributed by atoms with Crippen LogP contribution in [-0.4, -0.2) is 12.6 Å².